The van der Waals surface area contributed by atoms with Crippen LogP contribution in [0.25, 0.3) is 11.4 Å². The molecule has 2 aliphatic heterocycles. The van der Waals surface area contributed by atoms with Gasteiger partial charge in [0.05, 0.1) is 10.6 Å². The van der Waals surface area contributed by atoms with Crippen molar-refractivity contribution in [3.8, 4) is 22.9 Å². The van der Waals surface area contributed by atoms with E-state index in [9.17, 15) is 4.79 Å². The van der Waals surface area contributed by atoms with Gasteiger partial charge in [0.25, 0.3) is 0 Å². The molecule has 29 heavy (non-hydrogen) atoms. The van der Waals surface area contributed by atoms with Gasteiger partial charge in [-0.15, -0.1) is 5.10 Å². The third kappa shape index (κ3) is 2.80. The summed E-state index contributed by atoms with van der Waals surface area (Å²) >= 11 is 6.32. The number of primary amides is 1. The van der Waals surface area contributed by atoms with Crippen LogP contribution in [0.2, 0.25) is 5.02 Å². The summed E-state index contributed by atoms with van der Waals surface area (Å²) in [5, 5.41) is 8.30. The summed E-state index contributed by atoms with van der Waals surface area (Å²) in [6.07, 6.45) is 0. The number of nitrogens with zero attached hydrogens (tertiary/aromatic N) is 3. The second-order valence-corrected chi connectivity index (χ2v) is 7.13. The third-order valence-corrected chi connectivity index (χ3v) is 5.27. The fraction of sp³-hybridized carbons (Fsp3) is 0.150. The highest BCUT2D eigenvalue weighted by molar-refractivity contribution is 6.33. The van der Waals surface area contributed by atoms with Crippen molar-refractivity contribution in [2.45, 2.75) is 13.0 Å². The normalized spacial score (nSPS) is 17.1. The first-order chi connectivity index (χ1) is 14.0. The number of halogens is 1. The Morgan fingerprint density at radius 2 is 2.03 bits per heavy atom. The summed E-state index contributed by atoms with van der Waals surface area (Å²) in [7, 11) is 0. The van der Waals surface area contributed by atoms with Gasteiger partial charge in [-0.3, -0.25) is 4.79 Å². The molecule has 1 amide bonds. The number of nitrogens with two attached hydrogens (primary N) is 1. The maximum absolute atomic E-state index is 12.3. The number of allylic oxidation sites excluding steroid dienone is 1. The molecule has 3 heterocycles. The zero-order chi connectivity index (χ0) is 20.1. The molecule has 0 fully saturated rings. The van der Waals surface area contributed by atoms with E-state index in [4.69, 9.17) is 26.8 Å². The fourth-order valence-corrected chi connectivity index (χ4v) is 3.84. The Balaban J connectivity index is 1.68. The molecule has 0 aliphatic carbocycles. The summed E-state index contributed by atoms with van der Waals surface area (Å²) in [4.78, 5) is 16.9. The van der Waals surface area contributed by atoms with Gasteiger partial charge in [0.1, 0.15) is 6.04 Å². The van der Waals surface area contributed by atoms with Gasteiger partial charge >= 0.3 is 0 Å². The first-order valence-electron chi connectivity index (χ1n) is 8.91. The van der Waals surface area contributed by atoms with Crippen LogP contribution < -0.4 is 20.5 Å². The minimum Gasteiger partial charge on any atom is -0.454 e. The zero-order valence-corrected chi connectivity index (χ0v) is 16.1. The maximum Gasteiger partial charge on any atom is 0.248 e. The summed E-state index contributed by atoms with van der Waals surface area (Å²) < 4.78 is 12.5. The number of benzene rings is 2. The number of fused-ring (bicyclic) bond motifs is 2. The number of ether oxygens (including phenoxy) is 2. The third-order valence-electron chi connectivity index (χ3n) is 4.95. The largest absolute Gasteiger partial charge is 0.454 e. The lowest BCUT2D eigenvalue weighted by molar-refractivity contribution is -0.115. The number of hydrogen-bond donors (Lipinski definition) is 2. The standard InChI is InChI=1S/C20H16ClN5O3/c1-10-16(18(22)27)17(11-6-7-14-15(8-11)29-9-28-14)26-20(23-10)24-19(25-26)12-4-2-3-5-13(12)21/h2-8,17H,9H2,1H3,(H2,22,27)(H,23,24,25)/t17-/m1/s1. The van der Waals surface area contributed by atoms with Crippen LogP contribution in [0.3, 0.4) is 0 Å². The molecule has 0 radical (unpaired) electrons. The van der Waals surface area contributed by atoms with Crippen LogP contribution in [0, 0.1) is 0 Å². The minimum absolute atomic E-state index is 0.160. The molecule has 5 rings (SSSR count). The Kier molecular flexibility index (Phi) is 3.95. The van der Waals surface area contributed by atoms with Gasteiger partial charge in [-0.25, -0.2) is 4.68 Å². The molecule has 0 unspecified atom stereocenters. The molecule has 0 saturated heterocycles. The van der Waals surface area contributed by atoms with Crippen LogP contribution in [-0.2, 0) is 4.79 Å². The number of rotatable bonds is 3. The van der Waals surface area contributed by atoms with Gasteiger partial charge in [-0.2, -0.15) is 4.98 Å². The number of carbonyl (C=O) groups is 1. The topological polar surface area (TPSA) is 104 Å². The zero-order valence-electron chi connectivity index (χ0n) is 15.3. The number of amides is 1. The quantitative estimate of drug-likeness (QED) is 0.688. The van der Waals surface area contributed by atoms with Crippen molar-refractivity contribution in [3.63, 3.8) is 0 Å². The lowest BCUT2D eigenvalue weighted by Crippen LogP contribution is -2.31. The molecule has 3 aromatic rings. The molecule has 9 heteroatoms. The van der Waals surface area contributed by atoms with Gasteiger partial charge < -0.3 is 20.5 Å². The van der Waals surface area contributed by atoms with Crippen LogP contribution in [-0.4, -0.2) is 27.5 Å². The number of aromatic nitrogens is 3. The Morgan fingerprint density at radius 1 is 1.24 bits per heavy atom. The molecular weight excluding hydrogens is 394 g/mol. The Morgan fingerprint density at radius 3 is 2.83 bits per heavy atom. The van der Waals surface area contributed by atoms with Crippen LogP contribution in [0.15, 0.2) is 53.7 Å². The van der Waals surface area contributed by atoms with Crippen LogP contribution >= 0.6 is 11.6 Å². The van der Waals surface area contributed by atoms with E-state index in [1.54, 1.807) is 23.7 Å². The minimum atomic E-state index is -0.568. The molecule has 2 aromatic carbocycles. The van der Waals surface area contributed by atoms with E-state index in [2.05, 4.69) is 15.4 Å². The van der Waals surface area contributed by atoms with E-state index in [1.165, 1.54) is 0 Å². The first kappa shape index (κ1) is 17.6. The Labute approximate surface area is 170 Å². The predicted molar refractivity (Wildman–Crippen MR) is 107 cm³/mol. The van der Waals surface area contributed by atoms with E-state index in [0.717, 1.165) is 5.56 Å². The lowest BCUT2D eigenvalue weighted by Gasteiger charge is -2.27. The van der Waals surface area contributed by atoms with Crippen LogP contribution in [0.5, 0.6) is 11.5 Å². The second-order valence-electron chi connectivity index (χ2n) is 6.73. The van der Waals surface area contributed by atoms with Gasteiger partial charge in [0, 0.05) is 11.3 Å². The average Bonchev–Trinajstić information content (AvgIpc) is 3.32. The summed E-state index contributed by atoms with van der Waals surface area (Å²) in [5.41, 5.74) is 8.21. The summed E-state index contributed by atoms with van der Waals surface area (Å²) in [6.45, 7) is 1.95. The average molecular weight is 410 g/mol. The Bertz CT molecular complexity index is 1190. The van der Waals surface area contributed by atoms with Gasteiger partial charge in [0.2, 0.25) is 18.6 Å². The first-order valence-corrected chi connectivity index (χ1v) is 9.29. The van der Waals surface area contributed by atoms with Crippen molar-refractivity contribution in [1.29, 1.82) is 0 Å². The lowest BCUT2D eigenvalue weighted by atomic mass is 9.95. The van der Waals surface area contributed by atoms with E-state index < -0.39 is 11.9 Å². The fourth-order valence-electron chi connectivity index (χ4n) is 3.62. The summed E-state index contributed by atoms with van der Waals surface area (Å²) in [5.74, 6) is 1.65. The molecule has 2 aliphatic rings. The highest BCUT2D eigenvalue weighted by Gasteiger charge is 2.34. The predicted octanol–water partition coefficient (Wildman–Crippen LogP) is 3.10. The molecule has 0 spiro atoms. The highest BCUT2D eigenvalue weighted by Crippen LogP contribution is 2.40. The highest BCUT2D eigenvalue weighted by atomic mass is 35.5. The number of hydrogen-bond acceptors (Lipinski definition) is 6. The van der Waals surface area contributed by atoms with Gasteiger partial charge in [-0.1, -0.05) is 29.8 Å². The second kappa shape index (κ2) is 6.52. The van der Waals surface area contributed by atoms with Crippen molar-refractivity contribution in [2.75, 3.05) is 12.1 Å². The summed E-state index contributed by atoms with van der Waals surface area (Å²) in [6, 6.07) is 12.2. The van der Waals surface area contributed by atoms with Gasteiger partial charge in [-0.05, 0) is 36.8 Å². The Hall–Kier alpha value is -3.52. The number of carbonyl (C=O) groups excluding carboxylic acids is 1. The molecular formula is C20H16ClN5O3. The maximum atomic E-state index is 12.3. The number of nitrogens with one attached hydrogen (secondary N) is 1. The van der Waals surface area contributed by atoms with Crippen molar-refractivity contribution >= 4 is 23.5 Å². The van der Waals surface area contributed by atoms with Crippen molar-refractivity contribution in [2.24, 2.45) is 5.73 Å². The van der Waals surface area contributed by atoms with E-state index >= 15 is 0 Å². The van der Waals surface area contributed by atoms with Crippen LogP contribution in [0.4, 0.5) is 5.95 Å². The van der Waals surface area contributed by atoms with Gasteiger partial charge in [0.15, 0.2) is 17.3 Å². The van der Waals surface area contributed by atoms with E-state index in [-0.39, 0.29) is 6.79 Å². The molecule has 3 N–H and O–H groups in total. The van der Waals surface area contributed by atoms with E-state index in [1.807, 2.05) is 30.3 Å². The molecule has 8 nitrogen and oxygen atoms in total. The molecule has 1 atom stereocenters. The van der Waals surface area contributed by atoms with Crippen molar-refractivity contribution in [1.82, 2.24) is 14.8 Å². The van der Waals surface area contributed by atoms with Crippen molar-refractivity contribution < 1.29 is 14.3 Å². The monoisotopic (exact) mass is 409 g/mol. The number of anilines is 1. The van der Waals surface area contributed by atoms with Crippen LogP contribution in [0.1, 0.15) is 18.5 Å². The van der Waals surface area contributed by atoms with Crippen molar-refractivity contribution in [3.05, 3.63) is 64.3 Å². The SMILES string of the molecule is CC1=C(C(N)=O)[C@@H](c2ccc3c(c2)OCO3)n2nc(-c3ccccc3Cl)nc2N1. The van der Waals surface area contributed by atoms with E-state index in [0.29, 0.717) is 45.1 Å². The smallest absolute Gasteiger partial charge is 0.248 e. The molecule has 146 valence electrons. The molecule has 1 aromatic heterocycles. The molecule has 0 bridgehead atoms. The molecule has 0 saturated carbocycles.